The van der Waals surface area contributed by atoms with Crippen LogP contribution in [0.4, 0.5) is 19.0 Å². The third kappa shape index (κ3) is 6.03. The average Bonchev–Trinajstić information content (AvgIpc) is 3.54. The molecule has 0 spiro atoms. The standard InChI is InChI=1S/C29H34ClF3N4O2/c1-28(11-12-28)27(39)36-13-9-20(10-14-36)26(38)37-17-21(24(18-37)19-3-6-23(30)7-4-19)16-35(2)25-8-5-22(15-34-25)29(31,32)33/h3-8,15,20-21,24H,9-14,16-18H2,1-2H3/t21-,24?/m0/s1. The predicted molar refractivity (Wildman–Crippen MR) is 143 cm³/mol. The van der Waals surface area contributed by atoms with Crippen molar-refractivity contribution in [2.45, 2.75) is 44.7 Å². The number of hydrogen-bond acceptors (Lipinski definition) is 4. The minimum Gasteiger partial charge on any atom is -0.359 e. The summed E-state index contributed by atoms with van der Waals surface area (Å²) in [6.07, 6.45) is -0.348. The van der Waals surface area contributed by atoms with Crippen LogP contribution >= 0.6 is 11.6 Å². The highest BCUT2D eigenvalue weighted by Crippen LogP contribution is 2.47. The summed E-state index contributed by atoms with van der Waals surface area (Å²) in [5, 5.41) is 0.633. The van der Waals surface area contributed by atoms with E-state index >= 15 is 0 Å². The Hall–Kier alpha value is -2.81. The number of hydrogen-bond donors (Lipinski definition) is 0. The van der Waals surface area contributed by atoms with Crippen LogP contribution in [0.5, 0.6) is 0 Å². The van der Waals surface area contributed by atoms with E-state index in [2.05, 4.69) is 4.98 Å². The number of halogens is 4. The highest BCUT2D eigenvalue weighted by atomic mass is 35.5. The van der Waals surface area contributed by atoms with Gasteiger partial charge in [0.15, 0.2) is 0 Å². The fourth-order valence-electron chi connectivity index (χ4n) is 5.92. The topological polar surface area (TPSA) is 56.8 Å². The Bertz CT molecular complexity index is 1190. The molecule has 0 radical (unpaired) electrons. The summed E-state index contributed by atoms with van der Waals surface area (Å²) in [6.45, 7) is 4.90. The molecule has 2 aromatic rings. The van der Waals surface area contributed by atoms with Crippen LogP contribution in [-0.2, 0) is 15.8 Å². The maximum atomic E-state index is 13.6. The van der Waals surface area contributed by atoms with Crippen LogP contribution in [0.1, 0.15) is 49.7 Å². The normalized spacial score (nSPS) is 23.1. The molecule has 2 atom stereocenters. The average molecular weight is 563 g/mol. The van der Waals surface area contributed by atoms with Gasteiger partial charge in [0.05, 0.1) is 5.56 Å². The van der Waals surface area contributed by atoms with E-state index in [9.17, 15) is 22.8 Å². The molecule has 39 heavy (non-hydrogen) atoms. The van der Waals surface area contributed by atoms with Crippen LogP contribution < -0.4 is 4.90 Å². The van der Waals surface area contributed by atoms with Gasteiger partial charge in [-0.05, 0) is 55.5 Å². The highest BCUT2D eigenvalue weighted by molar-refractivity contribution is 6.30. The summed E-state index contributed by atoms with van der Waals surface area (Å²) in [7, 11) is 1.81. The number of anilines is 1. The second-order valence-corrected chi connectivity index (χ2v) is 12.0. The van der Waals surface area contributed by atoms with Gasteiger partial charge in [-0.25, -0.2) is 4.98 Å². The smallest absolute Gasteiger partial charge is 0.359 e. The molecule has 3 aliphatic rings. The molecule has 210 valence electrons. The van der Waals surface area contributed by atoms with Crippen molar-refractivity contribution in [2.24, 2.45) is 17.3 Å². The number of carbonyl (C=O) groups is 2. The van der Waals surface area contributed by atoms with Crippen LogP contribution in [0, 0.1) is 17.3 Å². The quantitative estimate of drug-likeness (QED) is 0.468. The number of carbonyl (C=O) groups excluding carboxylic acids is 2. The van der Waals surface area contributed by atoms with Gasteiger partial charge in [-0.1, -0.05) is 30.7 Å². The predicted octanol–water partition coefficient (Wildman–Crippen LogP) is 5.47. The Morgan fingerprint density at radius 3 is 2.28 bits per heavy atom. The van der Waals surface area contributed by atoms with Crippen molar-refractivity contribution in [3.63, 3.8) is 0 Å². The number of aromatic nitrogens is 1. The van der Waals surface area contributed by atoms with E-state index in [1.807, 2.05) is 52.9 Å². The number of amides is 2. The van der Waals surface area contributed by atoms with Crippen molar-refractivity contribution in [2.75, 3.05) is 44.7 Å². The van der Waals surface area contributed by atoms with Gasteiger partial charge >= 0.3 is 6.18 Å². The highest BCUT2D eigenvalue weighted by Gasteiger charge is 2.48. The SMILES string of the molecule is CN(C[C@H]1CN(C(=O)C2CCN(C(=O)C3(C)CC3)CC2)CC1c1ccc(Cl)cc1)c1ccc(C(F)(F)F)cn1. The Kier molecular flexibility index (Phi) is 7.57. The summed E-state index contributed by atoms with van der Waals surface area (Å²) in [4.78, 5) is 36.1. The van der Waals surface area contributed by atoms with Crippen molar-refractivity contribution in [3.05, 3.63) is 58.7 Å². The number of alkyl halides is 3. The zero-order chi connectivity index (χ0) is 27.9. The molecule has 5 rings (SSSR count). The molecule has 10 heteroatoms. The van der Waals surface area contributed by atoms with Crippen molar-refractivity contribution in [3.8, 4) is 0 Å². The third-order valence-corrected chi connectivity index (χ3v) is 8.93. The molecule has 1 aromatic heterocycles. The largest absolute Gasteiger partial charge is 0.417 e. The van der Waals surface area contributed by atoms with Crippen molar-refractivity contribution >= 4 is 29.2 Å². The lowest BCUT2D eigenvalue weighted by atomic mass is 9.88. The summed E-state index contributed by atoms with van der Waals surface area (Å²) in [5.74, 6) is 0.790. The molecule has 1 aromatic carbocycles. The first-order chi connectivity index (χ1) is 18.4. The molecular weight excluding hydrogens is 529 g/mol. The fraction of sp³-hybridized carbons (Fsp3) is 0.552. The Morgan fingerprint density at radius 1 is 1.05 bits per heavy atom. The third-order valence-electron chi connectivity index (χ3n) is 8.67. The lowest BCUT2D eigenvalue weighted by Gasteiger charge is -2.34. The van der Waals surface area contributed by atoms with Crippen molar-refractivity contribution in [1.29, 1.82) is 0 Å². The summed E-state index contributed by atoms with van der Waals surface area (Å²) < 4.78 is 39.0. The Labute approximate surface area is 232 Å². The van der Waals surface area contributed by atoms with Crippen molar-refractivity contribution < 1.29 is 22.8 Å². The number of piperidine rings is 1. The second-order valence-electron chi connectivity index (χ2n) is 11.6. The molecule has 2 aliphatic heterocycles. The van der Waals surface area contributed by atoms with Gasteiger partial charge in [-0.15, -0.1) is 0 Å². The molecule has 1 aliphatic carbocycles. The summed E-state index contributed by atoms with van der Waals surface area (Å²) >= 11 is 6.12. The molecule has 1 saturated carbocycles. The van der Waals surface area contributed by atoms with Crippen LogP contribution in [-0.4, -0.2) is 66.4 Å². The maximum absolute atomic E-state index is 13.6. The maximum Gasteiger partial charge on any atom is 0.417 e. The Balaban J connectivity index is 1.27. The van der Waals surface area contributed by atoms with Gasteiger partial charge in [0, 0.05) is 74.2 Å². The van der Waals surface area contributed by atoms with E-state index in [0.717, 1.165) is 30.7 Å². The van der Waals surface area contributed by atoms with E-state index < -0.39 is 11.7 Å². The van der Waals surface area contributed by atoms with Gasteiger partial charge in [-0.2, -0.15) is 13.2 Å². The molecule has 1 unspecified atom stereocenters. The lowest BCUT2D eigenvalue weighted by molar-refractivity contribution is -0.142. The molecular formula is C29H34ClF3N4O2. The first kappa shape index (κ1) is 27.7. The minimum absolute atomic E-state index is 0.0552. The summed E-state index contributed by atoms with van der Waals surface area (Å²) in [5.41, 5.74) is 0.0977. The molecule has 6 nitrogen and oxygen atoms in total. The van der Waals surface area contributed by atoms with Crippen LogP contribution in [0.15, 0.2) is 42.6 Å². The molecule has 3 fully saturated rings. The van der Waals surface area contributed by atoms with E-state index in [-0.39, 0.29) is 35.0 Å². The first-order valence-electron chi connectivity index (χ1n) is 13.5. The zero-order valence-corrected chi connectivity index (χ0v) is 23.0. The summed E-state index contributed by atoms with van der Waals surface area (Å²) in [6, 6.07) is 10.1. The second kappa shape index (κ2) is 10.6. The van der Waals surface area contributed by atoms with Crippen LogP contribution in [0.2, 0.25) is 5.02 Å². The first-order valence-corrected chi connectivity index (χ1v) is 13.9. The molecule has 3 heterocycles. The fourth-order valence-corrected chi connectivity index (χ4v) is 6.05. The molecule has 2 saturated heterocycles. The minimum atomic E-state index is -4.44. The van der Waals surface area contributed by atoms with Gasteiger partial charge in [0.2, 0.25) is 11.8 Å². The van der Waals surface area contributed by atoms with Crippen LogP contribution in [0.25, 0.3) is 0 Å². The zero-order valence-electron chi connectivity index (χ0n) is 22.3. The molecule has 0 N–H and O–H groups in total. The van der Waals surface area contributed by atoms with E-state index in [4.69, 9.17) is 11.6 Å². The molecule has 2 amide bonds. The van der Waals surface area contributed by atoms with Gasteiger partial charge in [0.1, 0.15) is 5.82 Å². The monoisotopic (exact) mass is 562 g/mol. The van der Waals surface area contributed by atoms with Crippen molar-refractivity contribution in [1.82, 2.24) is 14.8 Å². The Morgan fingerprint density at radius 2 is 1.72 bits per heavy atom. The number of pyridine rings is 1. The number of nitrogens with zero attached hydrogens (tertiary/aromatic N) is 4. The number of rotatable bonds is 6. The van der Waals surface area contributed by atoms with Gasteiger partial charge in [0.25, 0.3) is 0 Å². The number of benzene rings is 1. The van der Waals surface area contributed by atoms with Gasteiger partial charge in [-0.3, -0.25) is 9.59 Å². The van der Waals surface area contributed by atoms with E-state index in [1.165, 1.54) is 6.07 Å². The van der Waals surface area contributed by atoms with E-state index in [1.54, 1.807) is 0 Å². The number of likely N-dealkylation sites (tertiary alicyclic amines) is 2. The van der Waals surface area contributed by atoms with Gasteiger partial charge < -0.3 is 14.7 Å². The lowest BCUT2D eigenvalue weighted by Crippen LogP contribution is -2.46. The van der Waals surface area contributed by atoms with E-state index in [0.29, 0.717) is 56.4 Å². The van der Waals surface area contributed by atoms with Crippen LogP contribution in [0.3, 0.4) is 0 Å². The molecule has 0 bridgehead atoms.